The van der Waals surface area contributed by atoms with E-state index in [9.17, 15) is 8.42 Å². The molecule has 0 amide bonds. The van der Waals surface area contributed by atoms with Crippen LogP contribution in [0.25, 0.3) is 0 Å². The average Bonchev–Trinajstić information content (AvgIpc) is 3.34. The van der Waals surface area contributed by atoms with Crippen molar-refractivity contribution in [3.8, 4) is 0 Å². The van der Waals surface area contributed by atoms with Gasteiger partial charge in [-0.3, -0.25) is 0 Å². The average molecular weight is 308 g/mol. The number of hydrogen-bond acceptors (Lipinski definition) is 3. The van der Waals surface area contributed by atoms with E-state index in [-0.39, 0.29) is 5.54 Å². The third kappa shape index (κ3) is 4.28. The Kier molecular flexibility index (Phi) is 4.08. The molecule has 2 saturated carbocycles. The molecule has 3 rings (SSSR count). The van der Waals surface area contributed by atoms with E-state index in [0.29, 0.717) is 4.90 Å². The van der Waals surface area contributed by atoms with Gasteiger partial charge in [0.05, 0.1) is 4.90 Å². The minimum absolute atomic E-state index is 0.216. The van der Waals surface area contributed by atoms with E-state index in [1.807, 2.05) is 19.1 Å². The second-order valence-electron chi connectivity index (χ2n) is 6.64. The van der Waals surface area contributed by atoms with Crippen molar-refractivity contribution in [3.63, 3.8) is 0 Å². The molecule has 1 aromatic rings. The Balaban J connectivity index is 1.52. The Labute approximate surface area is 127 Å². The van der Waals surface area contributed by atoms with Gasteiger partial charge in [-0.25, -0.2) is 13.1 Å². The van der Waals surface area contributed by atoms with E-state index in [4.69, 9.17) is 0 Å². The van der Waals surface area contributed by atoms with Gasteiger partial charge in [0.15, 0.2) is 0 Å². The van der Waals surface area contributed by atoms with Crippen LogP contribution in [0.15, 0.2) is 29.2 Å². The smallest absolute Gasteiger partial charge is 0.241 e. The maximum atomic E-state index is 12.2. The molecule has 116 valence electrons. The van der Waals surface area contributed by atoms with Gasteiger partial charge < -0.3 is 5.32 Å². The van der Waals surface area contributed by atoms with E-state index >= 15 is 0 Å². The largest absolute Gasteiger partial charge is 0.314 e. The maximum Gasteiger partial charge on any atom is 0.241 e. The summed E-state index contributed by atoms with van der Waals surface area (Å²) in [5, 5.41) is 3.49. The van der Waals surface area contributed by atoms with Crippen molar-refractivity contribution >= 4 is 10.0 Å². The maximum absolute atomic E-state index is 12.2. The summed E-state index contributed by atoms with van der Waals surface area (Å²) in [6.07, 6.45) is 6.58. The van der Waals surface area contributed by atoms with Crippen LogP contribution in [0.3, 0.4) is 0 Å². The monoisotopic (exact) mass is 308 g/mol. The number of aryl methyl sites for hydroxylation is 1. The summed E-state index contributed by atoms with van der Waals surface area (Å²) in [7, 11) is -3.36. The quantitative estimate of drug-likeness (QED) is 0.724. The van der Waals surface area contributed by atoms with Crippen molar-refractivity contribution in [2.24, 2.45) is 0 Å². The van der Waals surface area contributed by atoms with Crippen LogP contribution in [0.4, 0.5) is 0 Å². The lowest BCUT2D eigenvalue weighted by Gasteiger charge is -2.12. The number of nitrogens with one attached hydrogen (secondary N) is 2. The van der Waals surface area contributed by atoms with Gasteiger partial charge in [0.25, 0.3) is 0 Å². The van der Waals surface area contributed by atoms with Gasteiger partial charge in [-0.15, -0.1) is 0 Å². The van der Waals surface area contributed by atoms with Crippen LogP contribution in [0.1, 0.15) is 44.6 Å². The summed E-state index contributed by atoms with van der Waals surface area (Å²) in [4.78, 5) is 0.371. The van der Waals surface area contributed by atoms with Gasteiger partial charge in [0.2, 0.25) is 10.0 Å². The normalized spacial score (nSPS) is 20.4. The Morgan fingerprint density at radius 3 is 2.43 bits per heavy atom. The molecule has 2 aliphatic rings. The number of rotatable bonds is 8. The molecule has 5 heteroatoms. The van der Waals surface area contributed by atoms with Crippen molar-refractivity contribution in [2.75, 3.05) is 6.54 Å². The fraction of sp³-hybridized carbons (Fsp3) is 0.625. The fourth-order valence-corrected chi connectivity index (χ4v) is 3.86. The van der Waals surface area contributed by atoms with E-state index < -0.39 is 10.0 Å². The highest BCUT2D eigenvalue weighted by molar-refractivity contribution is 7.89. The molecule has 2 fully saturated rings. The Morgan fingerprint density at radius 1 is 1.19 bits per heavy atom. The molecule has 4 nitrogen and oxygen atoms in total. The van der Waals surface area contributed by atoms with Gasteiger partial charge in [0, 0.05) is 11.6 Å². The zero-order valence-electron chi connectivity index (χ0n) is 12.6. The first-order valence-electron chi connectivity index (χ1n) is 7.83. The zero-order valence-corrected chi connectivity index (χ0v) is 13.4. The minimum Gasteiger partial charge on any atom is -0.314 e. The van der Waals surface area contributed by atoms with Crippen LogP contribution in [-0.4, -0.2) is 26.5 Å². The van der Waals surface area contributed by atoms with E-state index in [2.05, 4.69) is 10.0 Å². The number of benzene rings is 1. The molecule has 21 heavy (non-hydrogen) atoms. The second-order valence-corrected chi connectivity index (χ2v) is 8.32. The second kappa shape index (κ2) is 5.71. The van der Waals surface area contributed by atoms with Crippen molar-refractivity contribution in [1.29, 1.82) is 0 Å². The highest BCUT2D eigenvalue weighted by Gasteiger charge is 2.41. The molecule has 0 atom stereocenters. The SMILES string of the molecule is CC1(NS(=O)(=O)c2ccc(CCCNC3CC3)cc2)CC1. The van der Waals surface area contributed by atoms with Crippen LogP contribution >= 0.6 is 0 Å². The predicted molar refractivity (Wildman–Crippen MR) is 83.7 cm³/mol. The summed E-state index contributed by atoms with van der Waals surface area (Å²) >= 11 is 0. The summed E-state index contributed by atoms with van der Waals surface area (Å²) < 4.78 is 27.2. The number of sulfonamides is 1. The van der Waals surface area contributed by atoms with Crippen LogP contribution < -0.4 is 10.0 Å². The molecule has 0 heterocycles. The summed E-state index contributed by atoms with van der Waals surface area (Å²) in [6, 6.07) is 8.06. The van der Waals surface area contributed by atoms with E-state index in [1.165, 1.54) is 18.4 Å². The van der Waals surface area contributed by atoms with Crippen molar-refractivity contribution in [1.82, 2.24) is 10.0 Å². The van der Waals surface area contributed by atoms with E-state index in [0.717, 1.165) is 38.3 Å². The van der Waals surface area contributed by atoms with Crippen LogP contribution in [0, 0.1) is 0 Å². The molecule has 2 aliphatic carbocycles. The first-order valence-corrected chi connectivity index (χ1v) is 9.32. The summed E-state index contributed by atoms with van der Waals surface area (Å²) in [5.41, 5.74) is 0.982. The highest BCUT2D eigenvalue weighted by Crippen LogP contribution is 2.35. The molecule has 2 N–H and O–H groups in total. The molecule has 0 aromatic heterocycles. The molecular formula is C16H24N2O2S. The summed E-state index contributed by atoms with van der Waals surface area (Å²) in [6.45, 7) is 3.00. The molecule has 0 unspecified atom stereocenters. The molecule has 0 spiro atoms. The molecule has 1 aromatic carbocycles. The topological polar surface area (TPSA) is 58.2 Å². The van der Waals surface area contributed by atoms with Crippen molar-refractivity contribution < 1.29 is 8.42 Å². The van der Waals surface area contributed by atoms with Gasteiger partial charge in [0.1, 0.15) is 0 Å². The van der Waals surface area contributed by atoms with Gasteiger partial charge in [-0.05, 0) is 69.7 Å². The standard InChI is InChI=1S/C16H24N2O2S/c1-16(10-11-16)18-21(19,20)15-8-4-13(5-9-15)3-2-12-17-14-6-7-14/h4-5,8-9,14,17-18H,2-3,6-7,10-12H2,1H3. The Hall–Kier alpha value is -0.910. The third-order valence-corrected chi connectivity index (χ3v) is 5.92. The minimum atomic E-state index is -3.36. The lowest BCUT2D eigenvalue weighted by Crippen LogP contribution is -2.34. The van der Waals surface area contributed by atoms with Crippen molar-refractivity contribution in [2.45, 2.75) is 61.9 Å². The zero-order chi connectivity index (χ0) is 14.9. The Morgan fingerprint density at radius 2 is 1.86 bits per heavy atom. The molecule has 0 saturated heterocycles. The molecule has 0 bridgehead atoms. The lowest BCUT2D eigenvalue weighted by atomic mass is 10.1. The first kappa shape index (κ1) is 15.0. The molecule has 0 radical (unpaired) electrons. The van der Waals surface area contributed by atoms with Crippen LogP contribution in [0.2, 0.25) is 0 Å². The summed E-state index contributed by atoms with van der Waals surface area (Å²) in [5.74, 6) is 0. The third-order valence-electron chi connectivity index (χ3n) is 4.27. The van der Waals surface area contributed by atoms with Crippen LogP contribution in [-0.2, 0) is 16.4 Å². The van der Waals surface area contributed by atoms with Gasteiger partial charge in [-0.1, -0.05) is 12.1 Å². The van der Waals surface area contributed by atoms with Gasteiger partial charge >= 0.3 is 0 Å². The predicted octanol–water partition coefficient (Wildman–Crippen LogP) is 2.20. The van der Waals surface area contributed by atoms with Crippen molar-refractivity contribution in [3.05, 3.63) is 29.8 Å². The number of hydrogen-bond donors (Lipinski definition) is 2. The van der Waals surface area contributed by atoms with E-state index in [1.54, 1.807) is 12.1 Å². The lowest BCUT2D eigenvalue weighted by molar-refractivity contribution is 0.558. The first-order chi connectivity index (χ1) is 9.97. The fourth-order valence-electron chi connectivity index (χ4n) is 2.39. The van der Waals surface area contributed by atoms with Crippen LogP contribution in [0.5, 0.6) is 0 Å². The Bertz CT molecular complexity index is 587. The molecule has 0 aliphatic heterocycles. The highest BCUT2D eigenvalue weighted by atomic mass is 32.2. The van der Waals surface area contributed by atoms with Gasteiger partial charge in [-0.2, -0.15) is 0 Å². The molecular weight excluding hydrogens is 284 g/mol.